The third-order valence-electron chi connectivity index (χ3n) is 6.00. The summed E-state index contributed by atoms with van der Waals surface area (Å²) in [5.41, 5.74) is 6.96. The van der Waals surface area contributed by atoms with Crippen LogP contribution in [0.25, 0.3) is 0 Å². The van der Waals surface area contributed by atoms with Crippen LogP contribution in [0.4, 0.5) is 17.3 Å². The summed E-state index contributed by atoms with van der Waals surface area (Å²) in [7, 11) is 0. The molecule has 0 spiro atoms. The summed E-state index contributed by atoms with van der Waals surface area (Å²) < 4.78 is 5.41. The molecule has 1 aliphatic rings. The summed E-state index contributed by atoms with van der Waals surface area (Å²) in [5.74, 6) is 1.60. The fourth-order valence-corrected chi connectivity index (χ4v) is 4.08. The van der Waals surface area contributed by atoms with Gasteiger partial charge >= 0.3 is 0 Å². The molecule has 0 aromatic carbocycles. The Bertz CT molecular complexity index is 548. The zero-order chi connectivity index (χ0) is 21.3. The van der Waals surface area contributed by atoms with Gasteiger partial charge in [-0.1, -0.05) is 90.4 Å². The van der Waals surface area contributed by atoms with Crippen LogP contribution >= 0.6 is 0 Å². The van der Waals surface area contributed by atoms with Crippen molar-refractivity contribution in [1.82, 2.24) is 9.97 Å². The maximum absolute atomic E-state index is 6.30. The van der Waals surface area contributed by atoms with Crippen molar-refractivity contribution in [2.45, 2.75) is 96.8 Å². The molecule has 6 heteroatoms. The molecule has 6 nitrogen and oxygen atoms in total. The second kappa shape index (κ2) is 16.2. The number of ether oxygens (including phenoxy) is 1. The molecule has 0 saturated carbocycles. The van der Waals surface area contributed by atoms with E-state index in [1.807, 2.05) is 0 Å². The Labute approximate surface area is 184 Å². The van der Waals surface area contributed by atoms with Gasteiger partial charge in [-0.3, -0.25) is 0 Å². The highest BCUT2D eigenvalue weighted by Gasteiger charge is 2.17. The molecule has 1 fully saturated rings. The Hall–Kier alpha value is -1.56. The van der Waals surface area contributed by atoms with E-state index < -0.39 is 0 Å². The number of unbranched alkanes of at least 4 members (excludes halogenated alkanes) is 13. The van der Waals surface area contributed by atoms with Gasteiger partial charge in [0.25, 0.3) is 0 Å². The molecule has 1 aliphatic heterocycles. The number of anilines is 3. The molecule has 3 N–H and O–H groups in total. The number of hydrogen-bond acceptors (Lipinski definition) is 6. The van der Waals surface area contributed by atoms with Crippen molar-refractivity contribution in [2.24, 2.45) is 0 Å². The first-order chi connectivity index (χ1) is 14.8. The predicted octanol–water partition coefficient (Wildman–Crippen LogP) is 5.79. The fraction of sp³-hybridized carbons (Fsp3) is 0.833. The minimum Gasteiger partial charge on any atom is -0.393 e. The molecule has 2 heterocycles. The van der Waals surface area contributed by atoms with Gasteiger partial charge < -0.3 is 20.7 Å². The Morgan fingerprint density at radius 1 is 0.833 bits per heavy atom. The lowest BCUT2D eigenvalue weighted by atomic mass is 10.0. The van der Waals surface area contributed by atoms with Crippen LogP contribution in [-0.2, 0) is 4.74 Å². The van der Waals surface area contributed by atoms with E-state index in [9.17, 15) is 0 Å². The highest BCUT2D eigenvalue weighted by Crippen LogP contribution is 2.26. The van der Waals surface area contributed by atoms with Crippen molar-refractivity contribution in [3.05, 3.63) is 6.33 Å². The molecule has 0 unspecified atom stereocenters. The lowest BCUT2D eigenvalue weighted by molar-refractivity contribution is 0.122. The number of nitrogens with two attached hydrogens (primary N) is 1. The predicted molar refractivity (Wildman–Crippen MR) is 128 cm³/mol. The van der Waals surface area contributed by atoms with Crippen LogP contribution in [-0.4, -0.2) is 42.8 Å². The molecule has 2 rings (SSSR count). The van der Waals surface area contributed by atoms with E-state index in [-0.39, 0.29) is 0 Å². The van der Waals surface area contributed by atoms with Gasteiger partial charge in [0.2, 0.25) is 0 Å². The Morgan fingerprint density at radius 3 is 1.93 bits per heavy atom. The number of nitrogen functional groups attached to an aromatic ring is 1. The molecule has 0 amide bonds. The number of hydrogen-bond donors (Lipinski definition) is 2. The number of nitrogens with zero attached hydrogens (tertiary/aromatic N) is 3. The summed E-state index contributed by atoms with van der Waals surface area (Å²) in [6, 6.07) is 0. The van der Waals surface area contributed by atoms with Crippen LogP contribution < -0.4 is 16.0 Å². The molecule has 0 atom stereocenters. The normalized spacial score (nSPS) is 14.2. The van der Waals surface area contributed by atoms with Gasteiger partial charge in [-0.15, -0.1) is 0 Å². The molecule has 1 aromatic heterocycles. The molecule has 30 heavy (non-hydrogen) atoms. The quantitative estimate of drug-likeness (QED) is 0.311. The monoisotopic (exact) mass is 419 g/mol. The van der Waals surface area contributed by atoms with Crippen molar-refractivity contribution in [3.8, 4) is 0 Å². The summed E-state index contributed by atoms with van der Waals surface area (Å²) in [6.45, 7) is 6.32. The van der Waals surface area contributed by atoms with Crippen LogP contribution in [0.5, 0.6) is 0 Å². The molecule has 0 aliphatic carbocycles. The summed E-state index contributed by atoms with van der Waals surface area (Å²) in [6.07, 6.45) is 20.9. The maximum atomic E-state index is 6.30. The average Bonchev–Trinajstić information content (AvgIpc) is 2.78. The first-order valence-electron chi connectivity index (χ1n) is 12.5. The molecular weight excluding hydrogens is 374 g/mol. The van der Waals surface area contributed by atoms with Crippen LogP contribution in [0.15, 0.2) is 6.33 Å². The number of rotatable bonds is 17. The van der Waals surface area contributed by atoms with Gasteiger partial charge in [0.15, 0.2) is 11.6 Å². The van der Waals surface area contributed by atoms with Crippen molar-refractivity contribution < 1.29 is 4.74 Å². The lowest BCUT2D eigenvalue weighted by Crippen LogP contribution is -2.37. The zero-order valence-electron chi connectivity index (χ0n) is 19.3. The van der Waals surface area contributed by atoms with Gasteiger partial charge in [0.05, 0.1) is 13.2 Å². The number of morpholine rings is 1. The van der Waals surface area contributed by atoms with Crippen LogP contribution in [0.2, 0.25) is 0 Å². The number of nitrogens with one attached hydrogen (secondary N) is 1. The Balaban J connectivity index is 1.45. The standard InChI is InChI=1S/C24H45N5O/c1-2-3-4-5-6-7-8-9-10-11-12-13-14-15-16-26-23-22(25)24(28-21-27-23)29-17-19-30-20-18-29/h21H,2-20,25H2,1H3,(H,26,27,28). The molecule has 0 radical (unpaired) electrons. The van der Waals surface area contributed by atoms with E-state index in [0.717, 1.165) is 50.9 Å². The second-order valence-electron chi connectivity index (χ2n) is 8.58. The molecule has 172 valence electrons. The van der Waals surface area contributed by atoms with E-state index in [0.29, 0.717) is 5.69 Å². The van der Waals surface area contributed by atoms with Gasteiger partial charge in [-0.25, -0.2) is 9.97 Å². The Kier molecular flexibility index (Phi) is 13.3. The van der Waals surface area contributed by atoms with Crippen LogP contribution in [0.1, 0.15) is 96.8 Å². The molecular formula is C24H45N5O. The van der Waals surface area contributed by atoms with E-state index in [2.05, 4.69) is 27.1 Å². The minimum atomic E-state index is 0.657. The molecule has 0 bridgehead atoms. The first-order valence-corrected chi connectivity index (χ1v) is 12.5. The van der Waals surface area contributed by atoms with Crippen LogP contribution in [0, 0.1) is 0 Å². The SMILES string of the molecule is CCCCCCCCCCCCCCCCNc1ncnc(N2CCOCC2)c1N. The third kappa shape index (κ3) is 9.96. The average molecular weight is 420 g/mol. The van der Waals surface area contributed by atoms with E-state index in [4.69, 9.17) is 10.5 Å². The van der Waals surface area contributed by atoms with Gasteiger partial charge in [-0.2, -0.15) is 0 Å². The maximum Gasteiger partial charge on any atom is 0.157 e. The molecule has 1 saturated heterocycles. The second-order valence-corrected chi connectivity index (χ2v) is 8.58. The summed E-state index contributed by atoms with van der Waals surface area (Å²) >= 11 is 0. The van der Waals surface area contributed by atoms with E-state index in [1.54, 1.807) is 6.33 Å². The Morgan fingerprint density at radius 2 is 1.37 bits per heavy atom. The molecule has 1 aromatic rings. The van der Waals surface area contributed by atoms with Gasteiger partial charge in [-0.05, 0) is 6.42 Å². The van der Waals surface area contributed by atoms with E-state index in [1.165, 1.54) is 83.5 Å². The highest BCUT2D eigenvalue weighted by atomic mass is 16.5. The minimum absolute atomic E-state index is 0.657. The fourth-order valence-electron chi connectivity index (χ4n) is 4.08. The largest absolute Gasteiger partial charge is 0.393 e. The highest BCUT2D eigenvalue weighted by molar-refractivity contribution is 5.74. The topological polar surface area (TPSA) is 76.3 Å². The summed E-state index contributed by atoms with van der Waals surface area (Å²) in [4.78, 5) is 10.9. The number of aromatic nitrogens is 2. The smallest absolute Gasteiger partial charge is 0.157 e. The third-order valence-corrected chi connectivity index (χ3v) is 6.00. The van der Waals surface area contributed by atoms with Crippen molar-refractivity contribution >= 4 is 17.3 Å². The van der Waals surface area contributed by atoms with Crippen molar-refractivity contribution in [3.63, 3.8) is 0 Å². The first kappa shape index (κ1) is 24.7. The van der Waals surface area contributed by atoms with Crippen molar-refractivity contribution in [1.29, 1.82) is 0 Å². The van der Waals surface area contributed by atoms with E-state index >= 15 is 0 Å². The van der Waals surface area contributed by atoms with Crippen molar-refractivity contribution in [2.75, 3.05) is 48.8 Å². The lowest BCUT2D eigenvalue weighted by Gasteiger charge is -2.28. The van der Waals surface area contributed by atoms with Gasteiger partial charge in [0.1, 0.15) is 12.0 Å². The zero-order valence-corrected chi connectivity index (χ0v) is 19.3. The van der Waals surface area contributed by atoms with Crippen LogP contribution in [0.3, 0.4) is 0 Å². The summed E-state index contributed by atoms with van der Waals surface area (Å²) in [5, 5.41) is 3.40. The van der Waals surface area contributed by atoms with Gasteiger partial charge in [0, 0.05) is 19.6 Å².